The van der Waals surface area contributed by atoms with E-state index >= 15 is 0 Å². The quantitative estimate of drug-likeness (QED) is 0.589. The normalized spacial score (nSPS) is 17.7. The van der Waals surface area contributed by atoms with Gasteiger partial charge in [-0.05, 0) is 50.5 Å². The lowest BCUT2D eigenvalue weighted by Crippen LogP contribution is -2.41. The number of hydrogen-bond acceptors (Lipinski definition) is 5. The highest BCUT2D eigenvalue weighted by Gasteiger charge is 2.31. The molecule has 1 unspecified atom stereocenters. The Kier molecular flexibility index (Phi) is 5.99. The Balaban J connectivity index is 1.87. The molecule has 1 heterocycles. The second-order valence-corrected chi connectivity index (χ2v) is 9.09. The van der Waals surface area contributed by atoms with Gasteiger partial charge < -0.3 is 5.32 Å². The molecule has 0 aliphatic carbocycles. The lowest BCUT2D eigenvalue weighted by atomic mass is 10.1. The van der Waals surface area contributed by atoms with Crippen LogP contribution in [-0.4, -0.2) is 36.1 Å². The number of amides is 1. The van der Waals surface area contributed by atoms with Crippen molar-refractivity contribution in [2.75, 3.05) is 11.9 Å². The number of carbonyl (C=O) groups is 1. The molecule has 8 nitrogen and oxygen atoms in total. The van der Waals surface area contributed by atoms with Gasteiger partial charge in [0.05, 0.1) is 15.5 Å². The number of rotatable bonds is 5. The van der Waals surface area contributed by atoms with Crippen LogP contribution in [0, 0.1) is 17.0 Å². The Morgan fingerprint density at radius 1 is 1.21 bits per heavy atom. The highest BCUT2D eigenvalue weighted by Crippen LogP contribution is 2.26. The van der Waals surface area contributed by atoms with E-state index < -0.39 is 20.9 Å². The van der Waals surface area contributed by atoms with Crippen LogP contribution in [0.15, 0.2) is 47.4 Å². The molecule has 1 N–H and O–H groups in total. The predicted octanol–water partition coefficient (Wildman–Crippen LogP) is 3.72. The summed E-state index contributed by atoms with van der Waals surface area (Å²) in [6.45, 7) is 4.07. The van der Waals surface area contributed by atoms with E-state index in [-0.39, 0.29) is 22.2 Å². The third-order valence-corrected chi connectivity index (χ3v) is 7.13. The van der Waals surface area contributed by atoms with E-state index in [1.165, 1.54) is 40.7 Å². The fraction of sp³-hybridized carbons (Fsp3) is 0.350. The van der Waals surface area contributed by atoms with Gasteiger partial charge in [0.1, 0.15) is 0 Å². The number of sulfonamides is 1. The molecule has 0 radical (unpaired) electrons. The summed E-state index contributed by atoms with van der Waals surface area (Å²) in [5.74, 6) is -0.530. The van der Waals surface area contributed by atoms with E-state index in [2.05, 4.69) is 5.32 Å². The molecule has 0 aromatic heterocycles. The van der Waals surface area contributed by atoms with Gasteiger partial charge >= 0.3 is 0 Å². The summed E-state index contributed by atoms with van der Waals surface area (Å²) in [6, 6.07) is 9.97. The van der Waals surface area contributed by atoms with Gasteiger partial charge in [0.25, 0.3) is 11.6 Å². The molecule has 2 aromatic rings. The predicted molar refractivity (Wildman–Crippen MR) is 109 cm³/mol. The standard InChI is InChI=1S/C20H23N3O5S/c1-14-9-10-17(23(25)26)13-19(14)21-20(24)16-7-5-8-18(12-16)29(27,28)22-11-4-3-6-15(22)2/h5,7-10,12-13,15H,3-4,6,11H2,1-2H3,(H,21,24). The zero-order chi connectivity index (χ0) is 21.2. The number of nitro benzene ring substituents is 1. The second kappa shape index (κ2) is 8.30. The number of benzene rings is 2. The van der Waals surface area contributed by atoms with Crippen LogP contribution >= 0.6 is 0 Å². The molecule has 1 amide bonds. The smallest absolute Gasteiger partial charge is 0.271 e. The molecule has 1 aliphatic heterocycles. The number of nitrogens with one attached hydrogen (secondary N) is 1. The van der Waals surface area contributed by atoms with Crippen LogP contribution in [0.25, 0.3) is 0 Å². The van der Waals surface area contributed by atoms with Crippen LogP contribution in [-0.2, 0) is 10.0 Å². The summed E-state index contributed by atoms with van der Waals surface area (Å²) < 4.78 is 27.5. The van der Waals surface area contributed by atoms with Gasteiger partial charge in [-0.1, -0.05) is 18.6 Å². The lowest BCUT2D eigenvalue weighted by Gasteiger charge is -2.32. The number of carbonyl (C=O) groups excluding carboxylic acids is 1. The van der Waals surface area contributed by atoms with Crippen molar-refractivity contribution in [2.45, 2.75) is 44.0 Å². The van der Waals surface area contributed by atoms with Gasteiger partial charge in [0.2, 0.25) is 10.0 Å². The van der Waals surface area contributed by atoms with Crippen LogP contribution in [0.2, 0.25) is 0 Å². The Hall–Kier alpha value is -2.78. The molecule has 0 spiro atoms. The maximum atomic E-state index is 13.0. The molecule has 0 bridgehead atoms. The molecule has 1 fully saturated rings. The minimum atomic E-state index is -3.70. The summed E-state index contributed by atoms with van der Waals surface area (Å²) >= 11 is 0. The van der Waals surface area contributed by atoms with Crippen molar-refractivity contribution in [2.24, 2.45) is 0 Å². The highest BCUT2D eigenvalue weighted by atomic mass is 32.2. The van der Waals surface area contributed by atoms with Gasteiger partial charge in [0, 0.05) is 30.3 Å². The number of anilines is 1. The van der Waals surface area contributed by atoms with Crippen molar-refractivity contribution in [3.8, 4) is 0 Å². The van der Waals surface area contributed by atoms with E-state index in [0.29, 0.717) is 17.8 Å². The summed E-state index contributed by atoms with van der Waals surface area (Å²) in [6.07, 6.45) is 2.62. The summed E-state index contributed by atoms with van der Waals surface area (Å²) in [7, 11) is -3.70. The Bertz CT molecular complexity index is 1050. The first-order valence-corrected chi connectivity index (χ1v) is 10.8. The van der Waals surface area contributed by atoms with Crippen molar-refractivity contribution in [1.29, 1.82) is 0 Å². The van der Waals surface area contributed by atoms with Crippen molar-refractivity contribution in [3.05, 3.63) is 63.7 Å². The lowest BCUT2D eigenvalue weighted by molar-refractivity contribution is -0.384. The topological polar surface area (TPSA) is 110 Å². The Morgan fingerprint density at radius 2 is 1.97 bits per heavy atom. The maximum Gasteiger partial charge on any atom is 0.271 e. The van der Waals surface area contributed by atoms with Crippen LogP contribution in [0.4, 0.5) is 11.4 Å². The first-order valence-electron chi connectivity index (χ1n) is 9.38. The van der Waals surface area contributed by atoms with Crippen molar-refractivity contribution in [3.63, 3.8) is 0 Å². The minimum Gasteiger partial charge on any atom is -0.321 e. The molecule has 154 valence electrons. The van der Waals surface area contributed by atoms with Crippen LogP contribution in [0.1, 0.15) is 42.1 Å². The summed E-state index contributed by atoms with van der Waals surface area (Å²) in [5, 5.41) is 13.6. The Labute approximate surface area is 169 Å². The van der Waals surface area contributed by atoms with Crippen molar-refractivity contribution >= 4 is 27.3 Å². The molecule has 3 rings (SSSR count). The molecule has 1 saturated heterocycles. The third kappa shape index (κ3) is 4.46. The molecule has 1 atom stereocenters. The number of piperidine rings is 1. The van der Waals surface area contributed by atoms with Gasteiger partial charge in [-0.3, -0.25) is 14.9 Å². The van der Waals surface area contributed by atoms with Crippen LogP contribution < -0.4 is 5.32 Å². The van der Waals surface area contributed by atoms with Gasteiger partial charge in [-0.2, -0.15) is 4.31 Å². The molecule has 1 aliphatic rings. The molecule has 9 heteroatoms. The van der Waals surface area contributed by atoms with Crippen LogP contribution in [0.3, 0.4) is 0 Å². The van der Waals surface area contributed by atoms with E-state index in [4.69, 9.17) is 0 Å². The third-order valence-electron chi connectivity index (χ3n) is 5.13. The zero-order valence-electron chi connectivity index (χ0n) is 16.3. The number of non-ortho nitro benzene ring substituents is 1. The average Bonchev–Trinajstić information content (AvgIpc) is 2.69. The number of nitro groups is 1. The molecule has 0 saturated carbocycles. The van der Waals surface area contributed by atoms with Gasteiger partial charge in [-0.25, -0.2) is 8.42 Å². The minimum absolute atomic E-state index is 0.0645. The first-order chi connectivity index (χ1) is 13.7. The van der Waals surface area contributed by atoms with E-state index in [1.807, 2.05) is 6.92 Å². The highest BCUT2D eigenvalue weighted by molar-refractivity contribution is 7.89. The number of hydrogen-bond donors (Lipinski definition) is 1. The monoisotopic (exact) mass is 417 g/mol. The zero-order valence-corrected chi connectivity index (χ0v) is 17.1. The fourth-order valence-corrected chi connectivity index (χ4v) is 5.16. The first kappa shape index (κ1) is 20.9. The average molecular weight is 417 g/mol. The van der Waals surface area contributed by atoms with Gasteiger partial charge in [0.15, 0.2) is 0 Å². The van der Waals surface area contributed by atoms with E-state index in [1.54, 1.807) is 13.0 Å². The SMILES string of the molecule is Cc1ccc([N+](=O)[O-])cc1NC(=O)c1cccc(S(=O)(=O)N2CCCCC2C)c1. The number of nitrogens with zero attached hydrogens (tertiary/aromatic N) is 2. The Morgan fingerprint density at radius 3 is 2.66 bits per heavy atom. The van der Waals surface area contributed by atoms with E-state index in [9.17, 15) is 23.3 Å². The second-order valence-electron chi connectivity index (χ2n) is 7.20. The molecular formula is C20H23N3O5S. The largest absolute Gasteiger partial charge is 0.321 e. The van der Waals surface area contributed by atoms with Gasteiger partial charge in [-0.15, -0.1) is 0 Å². The van der Waals surface area contributed by atoms with Crippen molar-refractivity contribution < 1.29 is 18.1 Å². The molecular weight excluding hydrogens is 394 g/mol. The molecule has 2 aromatic carbocycles. The maximum absolute atomic E-state index is 13.0. The summed E-state index contributed by atoms with van der Waals surface area (Å²) in [5.41, 5.74) is 1.000. The van der Waals surface area contributed by atoms with Crippen LogP contribution in [0.5, 0.6) is 0 Å². The fourth-order valence-electron chi connectivity index (χ4n) is 3.41. The van der Waals surface area contributed by atoms with E-state index in [0.717, 1.165) is 19.3 Å². The van der Waals surface area contributed by atoms with Crippen molar-refractivity contribution in [1.82, 2.24) is 4.31 Å². The molecule has 29 heavy (non-hydrogen) atoms. The number of aryl methyl sites for hydroxylation is 1. The summed E-state index contributed by atoms with van der Waals surface area (Å²) in [4.78, 5) is 23.2.